The maximum atomic E-state index is 12.4. The highest BCUT2D eigenvalue weighted by atomic mass is 32.1. The van der Waals surface area contributed by atoms with Gasteiger partial charge >= 0.3 is 0 Å². The summed E-state index contributed by atoms with van der Waals surface area (Å²) < 4.78 is 0.953. The maximum Gasteiger partial charge on any atom is 0.253 e. The number of carbonyl (C=O) groups is 1. The van der Waals surface area contributed by atoms with Gasteiger partial charge in [-0.3, -0.25) is 4.79 Å². The number of aromatic nitrogens is 1. The standard InChI is InChI=1S/C14H19N3OS/c1-8(2)9(3)17(4)13(18)10-5-6-11-12(7-10)19-14(15)16-11/h5-9H,1-4H3,(H2,15,16). The third kappa shape index (κ3) is 2.71. The molecule has 2 rings (SSSR count). The summed E-state index contributed by atoms with van der Waals surface area (Å²) >= 11 is 1.41. The topological polar surface area (TPSA) is 59.2 Å². The number of nitrogens with zero attached hydrogens (tertiary/aromatic N) is 2. The summed E-state index contributed by atoms with van der Waals surface area (Å²) in [4.78, 5) is 18.4. The first-order valence-electron chi connectivity index (χ1n) is 6.33. The average molecular weight is 277 g/mol. The third-order valence-corrected chi connectivity index (χ3v) is 4.40. The van der Waals surface area contributed by atoms with Crippen LogP contribution in [0, 0.1) is 5.92 Å². The zero-order valence-electron chi connectivity index (χ0n) is 11.7. The molecule has 19 heavy (non-hydrogen) atoms. The van der Waals surface area contributed by atoms with Crippen LogP contribution in [0.1, 0.15) is 31.1 Å². The molecular weight excluding hydrogens is 258 g/mol. The molecule has 0 aliphatic heterocycles. The molecule has 2 N–H and O–H groups in total. The smallest absolute Gasteiger partial charge is 0.253 e. The fourth-order valence-corrected chi connectivity index (χ4v) is 2.68. The Balaban J connectivity index is 2.30. The SMILES string of the molecule is CC(C)C(C)N(C)C(=O)c1ccc2nc(N)sc2c1. The van der Waals surface area contributed by atoms with Gasteiger partial charge in [0, 0.05) is 18.7 Å². The van der Waals surface area contributed by atoms with E-state index in [4.69, 9.17) is 5.73 Å². The first-order valence-corrected chi connectivity index (χ1v) is 7.15. The molecular formula is C14H19N3OS. The van der Waals surface area contributed by atoms with Crippen molar-refractivity contribution in [2.75, 3.05) is 12.8 Å². The number of nitrogen functional groups attached to an aromatic ring is 1. The van der Waals surface area contributed by atoms with Crippen LogP contribution >= 0.6 is 11.3 Å². The summed E-state index contributed by atoms with van der Waals surface area (Å²) in [5, 5.41) is 0.531. The number of benzene rings is 1. The average Bonchev–Trinajstić information content (AvgIpc) is 2.74. The molecule has 0 fully saturated rings. The minimum absolute atomic E-state index is 0.0371. The van der Waals surface area contributed by atoms with Crippen LogP contribution in [-0.4, -0.2) is 28.9 Å². The Bertz CT molecular complexity index is 606. The number of anilines is 1. The lowest BCUT2D eigenvalue weighted by molar-refractivity contribution is 0.0707. The van der Waals surface area contributed by atoms with Crippen LogP contribution in [-0.2, 0) is 0 Å². The van der Waals surface area contributed by atoms with Gasteiger partial charge in [0.15, 0.2) is 5.13 Å². The van der Waals surface area contributed by atoms with E-state index in [2.05, 4.69) is 25.8 Å². The Morgan fingerprint density at radius 2 is 2.05 bits per heavy atom. The van der Waals surface area contributed by atoms with Gasteiger partial charge in [0.2, 0.25) is 0 Å². The van der Waals surface area contributed by atoms with Crippen molar-refractivity contribution in [1.29, 1.82) is 0 Å². The Kier molecular flexibility index (Phi) is 3.75. The van der Waals surface area contributed by atoms with Gasteiger partial charge in [-0.25, -0.2) is 4.98 Å². The number of amides is 1. The summed E-state index contributed by atoms with van der Waals surface area (Å²) in [6, 6.07) is 5.74. The Morgan fingerprint density at radius 3 is 2.68 bits per heavy atom. The zero-order valence-corrected chi connectivity index (χ0v) is 12.5. The van der Waals surface area contributed by atoms with E-state index in [0.717, 1.165) is 10.2 Å². The minimum atomic E-state index is 0.0371. The number of hydrogen-bond donors (Lipinski definition) is 1. The molecule has 1 atom stereocenters. The van der Waals surface area contributed by atoms with E-state index in [9.17, 15) is 4.79 Å². The number of fused-ring (bicyclic) bond motifs is 1. The number of carbonyl (C=O) groups excluding carboxylic acids is 1. The molecule has 0 bridgehead atoms. The minimum Gasteiger partial charge on any atom is -0.375 e. The number of hydrogen-bond acceptors (Lipinski definition) is 4. The summed E-state index contributed by atoms with van der Waals surface area (Å²) in [5.41, 5.74) is 7.21. The molecule has 102 valence electrons. The Labute approximate surface area is 117 Å². The van der Waals surface area contributed by atoms with E-state index < -0.39 is 0 Å². The molecule has 0 spiro atoms. The van der Waals surface area contributed by atoms with Crippen LogP contribution in [0.4, 0.5) is 5.13 Å². The van der Waals surface area contributed by atoms with E-state index in [1.54, 1.807) is 4.90 Å². The summed E-state index contributed by atoms with van der Waals surface area (Å²) in [6.07, 6.45) is 0. The Morgan fingerprint density at radius 1 is 1.37 bits per heavy atom. The van der Waals surface area contributed by atoms with Gasteiger partial charge in [-0.05, 0) is 31.0 Å². The van der Waals surface area contributed by atoms with Crippen molar-refractivity contribution in [1.82, 2.24) is 9.88 Å². The van der Waals surface area contributed by atoms with Crippen molar-refractivity contribution in [3.8, 4) is 0 Å². The second-order valence-corrected chi connectivity index (χ2v) is 6.20. The predicted octanol–water partition coefficient (Wildman–Crippen LogP) is 3.00. The fraction of sp³-hybridized carbons (Fsp3) is 0.429. The number of thiazole rings is 1. The molecule has 2 aromatic rings. The highest BCUT2D eigenvalue weighted by molar-refractivity contribution is 7.22. The molecule has 1 aromatic carbocycles. The van der Waals surface area contributed by atoms with Gasteiger partial charge in [-0.15, -0.1) is 0 Å². The van der Waals surface area contributed by atoms with Crippen LogP contribution < -0.4 is 5.73 Å². The molecule has 0 radical (unpaired) electrons. The third-order valence-electron chi connectivity index (χ3n) is 3.55. The number of rotatable bonds is 3. The molecule has 4 nitrogen and oxygen atoms in total. The first kappa shape index (κ1) is 13.8. The Hall–Kier alpha value is -1.62. The lowest BCUT2D eigenvalue weighted by Crippen LogP contribution is -2.38. The van der Waals surface area contributed by atoms with Gasteiger partial charge in [-0.1, -0.05) is 25.2 Å². The summed E-state index contributed by atoms with van der Waals surface area (Å²) in [7, 11) is 1.85. The number of nitrogens with two attached hydrogens (primary N) is 1. The highest BCUT2D eigenvalue weighted by Gasteiger charge is 2.20. The lowest BCUT2D eigenvalue weighted by atomic mass is 10.0. The zero-order chi connectivity index (χ0) is 14.2. The molecule has 1 heterocycles. The van der Waals surface area contributed by atoms with Crippen LogP contribution in [0.3, 0.4) is 0 Å². The largest absolute Gasteiger partial charge is 0.375 e. The molecule has 0 saturated carbocycles. The van der Waals surface area contributed by atoms with Gasteiger partial charge < -0.3 is 10.6 Å². The second-order valence-electron chi connectivity index (χ2n) is 5.14. The highest BCUT2D eigenvalue weighted by Crippen LogP contribution is 2.25. The molecule has 1 unspecified atom stereocenters. The van der Waals surface area contributed by atoms with E-state index in [0.29, 0.717) is 16.6 Å². The second kappa shape index (κ2) is 5.17. The van der Waals surface area contributed by atoms with Gasteiger partial charge in [0.25, 0.3) is 5.91 Å². The maximum absolute atomic E-state index is 12.4. The quantitative estimate of drug-likeness (QED) is 0.938. The van der Waals surface area contributed by atoms with E-state index >= 15 is 0 Å². The van der Waals surface area contributed by atoms with Crippen LogP contribution in [0.25, 0.3) is 10.2 Å². The van der Waals surface area contributed by atoms with E-state index in [-0.39, 0.29) is 11.9 Å². The monoisotopic (exact) mass is 277 g/mol. The normalized spacial score (nSPS) is 12.9. The molecule has 5 heteroatoms. The van der Waals surface area contributed by atoms with Crippen molar-refractivity contribution in [3.05, 3.63) is 23.8 Å². The first-order chi connectivity index (χ1) is 8.90. The summed E-state index contributed by atoms with van der Waals surface area (Å²) in [5.74, 6) is 0.465. The van der Waals surface area contributed by atoms with Crippen LogP contribution in [0.5, 0.6) is 0 Å². The van der Waals surface area contributed by atoms with Crippen molar-refractivity contribution >= 4 is 32.6 Å². The van der Waals surface area contributed by atoms with Crippen LogP contribution in [0.15, 0.2) is 18.2 Å². The van der Waals surface area contributed by atoms with Crippen molar-refractivity contribution < 1.29 is 4.79 Å². The molecule has 1 amide bonds. The van der Waals surface area contributed by atoms with Gasteiger partial charge in [0.1, 0.15) is 0 Å². The predicted molar refractivity (Wildman–Crippen MR) is 80.4 cm³/mol. The van der Waals surface area contributed by atoms with Gasteiger partial charge in [-0.2, -0.15) is 0 Å². The van der Waals surface area contributed by atoms with E-state index in [1.807, 2.05) is 25.2 Å². The van der Waals surface area contributed by atoms with Crippen molar-refractivity contribution in [2.24, 2.45) is 5.92 Å². The van der Waals surface area contributed by atoms with Gasteiger partial charge in [0.05, 0.1) is 10.2 Å². The molecule has 1 aromatic heterocycles. The van der Waals surface area contributed by atoms with Crippen molar-refractivity contribution in [3.63, 3.8) is 0 Å². The van der Waals surface area contributed by atoms with Crippen molar-refractivity contribution in [2.45, 2.75) is 26.8 Å². The van der Waals surface area contributed by atoms with E-state index in [1.165, 1.54) is 11.3 Å². The molecule has 0 saturated heterocycles. The lowest BCUT2D eigenvalue weighted by Gasteiger charge is -2.28. The molecule has 0 aliphatic carbocycles. The molecule has 0 aliphatic rings. The van der Waals surface area contributed by atoms with Crippen LogP contribution in [0.2, 0.25) is 0 Å². The summed E-state index contributed by atoms with van der Waals surface area (Å²) in [6.45, 7) is 6.29. The fourth-order valence-electron chi connectivity index (χ4n) is 1.91.